The summed E-state index contributed by atoms with van der Waals surface area (Å²) in [6, 6.07) is 8.75. The fourth-order valence-electron chi connectivity index (χ4n) is 2.71. The number of aromatic amines is 2. The first-order valence-corrected chi connectivity index (χ1v) is 7.83. The summed E-state index contributed by atoms with van der Waals surface area (Å²) in [6.07, 6.45) is 0. The highest BCUT2D eigenvalue weighted by atomic mass is 35.5. The number of non-ortho nitro benzene ring substituents is 2. The molecule has 0 saturated carbocycles. The third kappa shape index (κ3) is 3.75. The molecule has 2 aromatic heterocycles. The summed E-state index contributed by atoms with van der Waals surface area (Å²) in [7, 11) is 0. The van der Waals surface area contributed by atoms with Crippen LogP contribution in [-0.2, 0) is 18.0 Å². The maximum Gasteiger partial charge on any atom is 0.271 e. The number of nitro benzene ring substituents is 2. The molecule has 2 N–H and O–H groups in total. The molecule has 11 nitrogen and oxygen atoms in total. The van der Waals surface area contributed by atoms with Crippen LogP contribution in [0.15, 0.2) is 36.4 Å². The number of halogens is 1. The van der Waals surface area contributed by atoms with Gasteiger partial charge in [0.2, 0.25) is 0 Å². The fraction of sp³-hybridized carbons (Fsp3) is 0.125. The van der Waals surface area contributed by atoms with Crippen molar-refractivity contribution < 1.29 is 14.6 Å². The molecule has 0 atom stereocenters. The van der Waals surface area contributed by atoms with Gasteiger partial charge in [-0.15, -0.1) is 12.4 Å². The number of nitrogens with zero attached hydrogens (tertiary/aromatic N) is 4. The Morgan fingerprint density at radius 3 is 1.64 bits per heavy atom. The van der Waals surface area contributed by atoms with Gasteiger partial charge in [0.1, 0.15) is 24.9 Å². The molecule has 144 valence electrons. The minimum absolute atomic E-state index is 0. The molecule has 28 heavy (non-hydrogen) atoms. The van der Waals surface area contributed by atoms with Crippen molar-refractivity contribution in [2.75, 3.05) is 0 Å². The summed E-state index contributed by atoms with van der Waals surface area (Å²) in [4.78, 5) is 35.3. The molecule has 0 unspecified atom stereocenters. The molecule has 4 aromatic rings. The van der Waals surface area contributed by atoms with Gasteiger partial charge in [0.15, 0.2) is 0 Å². The number of H-pyrrole nitrogens is 2. The van der Waals surface area contributed by atoms with E-state index in [1.165, 1.54) is 24.3 Å². The Hall–Kier alpha value is -3.57. The quantitative estimate of drug-likeness (QED) is 0.368. The highest BCUT2D eigenvalue weighted by Gasteiger charge is 2.11. The Morgan fingerprint density at radius 1 is 0.821 bits per heavy atom. The molecular weight excluding hydrogens is 392 g/mol. The van der Waals surface area contributed by atoms with Crippen LogP contribution in [0.2, 0.25) is 0 Å². The van der Waals surface area contributed by atoms with Crippen LogP contribution < -0.4 is 0 Å². The summed E-state index contributed by atoms with van der Waals surface area (Å²) >= 11 is 0. The maximum absolute atomic E-state index is 10.8. The molecule has 2 aromatic carbocycles. The van der Waals surface area contributed by atoms with Crippen molar-refractivity contribution in [3.63, 3.8) is 0 Å². The molecule has 4 rings (SSSR count). The van der Waals surface area contributed by atoms with E-state index in [1.54, 1.807) is 12.1 Å². The predicted molar refractivity (Wildman–Crippen MR) is 101 cm³/mol. The molecule has 0 aliphatic heterocycles. The first kappa shape index (κ1) is 19.2. The van der Waals surface area contributed by atoms with Gasteiger partial charge in [0, 0.05) is 24.3 Å². The van der Waals surface area contributed by atoms with Crippen LogP contribution in [0, 0.1) is 20.2 Å². The zero-order chi connectivity index (χ0) is 19.0. The monoisotopic (exact) mass is 404 g/mol. The molecule has 0 saturated heterocycles. The lowest BCUT2D eigenvalue weighted by molar-refractivity contribution is -0.384. The third-order valence-electron chi connectivity index (χ3n) is 3.93. The van der Waals surface area contributed by atoms with E-state index in [9.17, 15) is 20.2 Å². The van der Waals surface area contributed by atoms with Gasteiger partial charge in [-0.2, -0.15) is 0 Å². The van der Waals surface area contributed by atoms with E-state index >= 15 is 0 Å². The van der Waals surface area contributed by atoms with Crippen molar-refractivity contribution in [3.05, 3.63) is 68.3 Å². The van der Waals surface area contributed by atoms with Crippen LogP contribution in [-0.4, -0.2) is 29.8 Å². The summed E-state index contributed by atoms with van der Waals surface area (Å²) in [6.45, 7) is 0.305. The van der Waals surface area contributed by atoms with Gasteiger partial charge in [-0.1, -0.05) is 0 Å². The average molecular weight is 405 g/mol. The van der Waals surface area contributed by atoms with Gasteiger partial charge in [-0.25, -0.2) is 9.97 Å². The second-order valence-electron chi connectivity index (χ2n) is 5.78. The van der Waals surface area contributed by atoms with E-state index in [-0.39, 0.29) is 37.0 Å². The third-order valence-corrected chi connectivity index (χ3v) is 3.93. The highest BCUT2D eigenvalue weighted by molar-refractivity contribution is 5.85. The van der Waals surface area contributed by atoms with Crippen LogP contribution in [0.5, 0.6) is 0 Å². The minimum Gasteiger partial charge on any atom is -0.366 e. The topological polar surface area (TPSA) is 153 Å². The van der Waals surface area contributed by atoms with Crippen LogP contribution in [0.25, 0.3) is 22.1 Å². The van der Waals surface area contributed by atoms with Gasteiger partial charge in [0.05, 0.1) is 31.9 Å². The number of hydrogen-bond acceptors (Lipinski definition) is 7. The second-order valence-corrected chi connectivity index (χ2v) is 5.78. The van der Waals surface area contributed by atoms with Gasteiger partial charge in [-0.3, -0.25) is 20.2 Å². The lowest BCUT2D eigenvalue weighted by Crippen LogP contribution is -1.97. The van der Waals surface area contributed by atoms with Crippen LogP contribution in [0.1, 0.15) is 11.6 Å². The van der Waals surface area contributed by atoms with Gasteiger partial charge in [0.25, 0.3) is 11.4 Å². The molecule has 0 amide bonds. The van der Waals surface area contributed by atoms with E-state index in [0.717, 1.165) is 0 Å². The standard InChI is InChI=1S/C16H12N6O5.ClH/c23-21(24)9-1-3-11-13(5-9)19-15(17-11)7-27-8-16-18-12-4-2-10(22(25)26)6-14(12)20-16;/h1-6H,7-8H2,(H,17,19)(H,18,20);1H. The molecule has 0 aliphatic carbocycles. The number of rotatable bonds is 6. The van der Waals surface area contributed by atoms with Crippen LogP contribution >= 0.6 is 12.4 Å². The molecule has 0 bridgehead atoms. The molecule has 0 radical (unpaired) electrons. The van der Waals surface area contributed by atoms with Crippen molar-refractivity contribution >= 4 is 45.8 Å². The van der Waals surface area contributed by atoms with Crippen molar-refractivity contribution in [2.45, 2.75) is 13.2 Å². The molecule has 0 fully saturated rings. The van der Waals surface area contributed by atoms with E-state index in [4.69, 9.17) is 4.74 Å². The van der Waals surface area contributed by atoms with E-state index < -0.39 is 9.85 Å². The molecule has 2 heterocycles. The second kappa shape index (κ2) is 7.58. The zero-order valence-electron chi connectivity index (χ0n) is 14.1. The van der Waals surface area contributed by atoms with E-state index in [0.29, 0.717) is 33.7 Å². The average Bonchev–Trinajstić information content (AvgIpc) is 3.22. The van der Waals surface area contributed by atoms with Gasteiger partial charge in [-0.05, 0) is 12.1 Å². The lowest BCUT2D eigenvalue weighted by atomic mass is 10.3. The minimum atomic E-state index is -0.470. The summed E-state index contributed by atoms with van der Waals surface area (Å²) in [5.74, 6) is 1.05. The molecule has 0 spiro atoms. The largest absolute Gasteiger partial charge is 0.366 e. The number of hydrogen-bond donors (Lipinski definition) is 2. The first-order chi connectivity index (χ1) is 13.0. The lowest BCUT2D eigenvalue weighted by Gasteiger charge is -1.98. The Labute approximate surface area is 162 Å². The van der Waals surface area contributed by atoms with Crippen molar-refractivity contribution in [1.82, 2.24) is 19.9 Å². The number of benzene rings is 2. The maximum atomic E-state index is 10.8. The Morgan fingerprint density at radius 2 is 1.25 bits per heavy atom. The number of nitrogens with one attached hydrogen (secondary N) is 2. The number of fused-ring (bicyclic) bond motifs is 2. The van der Waals surface area contributed by atoms with Gasteiger partial charge < -0.3 is 14.7 Å². The van der Waals surface area contributed by atoms with Crippen molar-refractivity contribution in [1.29, 1.82) is 0 Å². The van der Waals surface area contributed by atoms with E-state index in [2.05, 4.69) is 19.9 Å². The number of nitro groups is 2. The molecule has 12 heteroatoms. The summed E-state index contributed by atoms with van der Waals surface area (Å²) in [5.41, 5.74) is 2.29. The molecular formula is C16H13ClN6O5. The smallest absolute Gasteiger partial charge is 0.271 e. The fourth-order valence-corrected chi connectivity index (χ4v) is 2.71. The Kier molecular flexibility index (Phi) is 5.20. The number of ether oxygens (including phenoxy) is 1. The Balaban J connectivity index is 0.00000225. The number of imidazole rings is 2. The van der Waals surface area contributed by atoms with Crippen LogP contribution in [0.3, 0.4) is 0 Å². The number of aromatic nitrogens is 4. The Bertz CT molecular complexity index is 1090. The van der Waals surface area contributed by atoms with Crippen molar-refractivity contribution in [3.8, 4) is 0 Å². The summed E-state index contributed by atoms with van der Waals surface area (Å²) in [5, 5.41) is 21.6. The van der Waals surface area contributed by atoms with Gasteiger partial charge >= 0.3 is 0 Å². The zero-order valence-corrected chi connectivity index (χ0v) is 14.9. The predicted octanol–water partition coefficient (Wildman–Crippen LogP) is 3.39. The van der Waals surface area contributed by atoms with Crippen LogP contribution in [0.4, 0.5) is 11.4 Å². The van der Waals surface area contributed by atoms with E-state index in [1.807, 2.05) is 0 Å². The highest BCUT2D eigenvalue weighted by Crippen LogP contribution is 2.20. The van der Waals surface area contributed by atoms with Crippen molar-refractivity contribution in [2.24, 2.45) is 0 Å². The normalized spacial score (nSPS) is 10.9. The summed E-state index contributed by atoms with van der Waals surface area (Å²) < 4.78 is 5.56. The molecule has 0 aliphatic rings. The SMILES string of the molecule is Cl.O=[N+]([O-])c1ccc2nc(COCc3nc4ccc([N+](=O)[O-])cc4[nH]3)[nH]c2c1. The first-order valence-electron chi connectivity index (χ1n) is 7.83.